The number of carboxylic acids is 1. The van der Waals surface area contributed by atoms with E-state index in [1.165, 1.54) is 12.1 Å². The third-order valence-corrected chi connectivity index (χ3v) is 7.36. The zero-order chi connectivity index (χ0) is 15.4. The number of fused-ring (bicyclic) bond motifs is 2. The van der Waals surface area contributed by atoms with E-state index in [0.29, 0.717) is 22.5 Å². The molecule has 1 aliphatic heterocycles. The Morgan fingerprint density at radius 1 is 1.38 bits per heavy atom. The van der Waals surface area contributed by atoms with Crippen molar-refractivity contribution in [2.45, 2.75) is 37.1 Å². The maximum absolute atomic E-state index is 12.9. The number of nitrogens with zero attached hydrogens (tertiary/aromatic N) is 1. The van der Waals surface area contributed by atoms with Crippen LogP contribution < -0.4 is 0 Å². The topological polar surface area (TPSA) is 74.7 Å². The van der Waals surface area contributed by atoms with Crippen LogP contribution in [0.4, 0.5) is 0 Å². The maximum atomic E-state index is 12.9. The van der Waals surface area contributed by atoms with Gasteiger partial charge in [0.1, 0.15) is 0 Å². The number of piperidine rings is 1. The first-order chi connectivity index (χ1) is 9.80. The van der Waals surface area contributed by atoms with Gasteiger partial charge in [0.25, 0.3) is 0 Å². The van der Waals surface area contributed by atoms with E-state index in [4.69, 9.17) is 5.11 Å². The smallest absolute Gasteiger partial charge is 0.335 e. The molecular formula is C14H16BrNO4S. The van der Waals surface area contributed by atoms with Gasteiger partial charge in [0, 0.05) is 17.1 Å². The minimum absolute atomic E-state index is 0.0181. The third kappa shape index (κ3) is 2.41. The van der Waals surface area contributed by atoms with Crippen molar-refractivity contribution >= 4 is 31.9 Å². The lowest BCUT2D eigenvalue weighted by molar-refractivity contribution is 0.0696. The molecule has 2 atom stereocenters. The molecule has 1 aromatic rings. The summed E-state index contributed by atoms with van der Waals surface area (Å²) in [6, 6.07) is 2.78. The number of carbonyl (C=O) groups is 1. The summed E-state index contributed by atoms with van der Waals surface area (Å²) >= 11 is 3.26. The van der Waals surface area contributed by atoms with E-state index in [1.54, 1.807) is 11.2 Å². The highest BCUT2D eigenvalue weighted by molar-refractivity contribution is 9.10. The molecule has 1 N–H and O–H groups in total. The van der Waals surface area contributed by atoms with Crippen LogP contribution in [0, 0.1) is 12.8 Å². The molecule has 2 bridgehead atoms. The number of hydrogen-bond donors (Lipinski definition) is 1. The summed E-state index contributed by atoms with van der Waals surface area (Å²) in [5.41, 5.74) is 0.540. The summed E-state index contributed by atoms with van der Waals surface area (Å²) in [7, 11) is -3.64. The summed E-state index contributed by atoms with van der Waals surface area (Å²) in [6.45, 7) is 2.25. The van der Waals surface area contributed by atoms with Gasteiger partial charge in [0.2, 0.25) is 10.0 Å². The van der Waals surface area contributed by atoms with Gasteiger partial charge in [0.05, 0.1) is 10.5 Å². The molecular weight excluding hydrogens is 358 g/mol. The molecule has 1 heterocycles. The van der Waals surface area contributed by atoms with Gasteiger partial charge in [0.15, 0.2) is 0 Å². The van der Waals surface area contributed by atoms with Gasteiger partial charge in [-0.25, -0.2) is 13.2 Å². The first kappa shape index (κ1) is 15.0. The molecule has 0 amide bonds. The molecule has 3 rings (SSSR count). The second kappa shape index (κ2) is 5.07. The van der Waals surface area contributed by atoms with Gasteiger partial charge in [-0.2, -0.15) is 4.31 Å². The van der Waals surface area contributed by atoms with Crippen molar-refractivity contribution in [2.75, 3.05) is 6.54 Å². The Kier molecular flexibility index (Phi) is 3.62. The van der Waals surface area contributed by atoms with Gasteiger partial charge in [-0.1, -0.05) is 15.9 Å². The Hall–Kier alpha value is -0.920. The lowest BCUT2D eigenvalue weighted by Crippen LogP contribution is -2.38. The summed E-state index contributed by atoms with van der Waals surface area (Å²) in [5.74, 6) is -0.675. The Labute approximate surface area is 132 Å². The summed E-state index contributed by atoms with van der Waals surface area (Å²) in [6.07, 6.45) is 2.93. The van der Waals surface area contributed by atoms with Gasteiger partial charge in [-0.3, -0.25) is 0 Å². The minimum Gasteiger partial charge on any atom is -0.478 e. The van der Waals surface area contributed by atoms with E-state index < -0.39 is 16.0 Å². The average Bonchev–Trinajstić information content (AvgIpc) is 3.03. The molecule has 1 saturated heterocycles. The SMILES string of the molecule is Cc1c(Br)cc(C(=O)O)cc1S(=O)(=O)N1CC2CCC1C2. The standard InChI is InChI=1S/C14H16BrNO4S/c1-8-12(15)5-10(14(17)18)6-13(8)21(19,20)16-7-9-2-3-11(16)4-9/h5-6,9,11H,2-4,7H2,1H3,(H,17,18). The normalized spacial score (nSPS) is 25.4. The number of aromatic carboxylic acids is 1. The van der Waals surface area contributed by atoms with Crippen LogP contribution in [0.2, 0.25) is 0 Å². The summed E-state index contributed by atoms with van der Waals surface area (Å²) < 4.78 is 27.8. The lowest BCUT2D eigenvalue weighted by Gasteiger charge is -2.27. The van der Waals surface area contributed by atoms with E-state index in [0.717, 1.165) is 19.3 Å². The van der Waals surface area contributed by atoms with E-state index in [2.05, 4.69) is 15.9 Å². The van der Waals surface area contributed by atoms with Crippen molar-refractivity contribution in [3.8, 4) is 0 Å². The molecule has 1 saturated carbocycles. The number of benzene rings is 1. The molecule has 7 heteroatoms. The molecule has 1 aliphatic carbocycles. The highest BCUT2D eigenvalue weighted by Gasteiger charge is 2.44. The molecule has 0 spiro atoms. The number of hydrogen-bond acceptors (Lipinski definition) is 3. The third-order valence-electron chi connectivity index (χ3n) is 4.49. The quantitative estimate of drug-likeness (QED) is 0.883. The zero-order valence-corrected chi connectivity index (χ0v) is 13.9. The predicted octanol–water partition coefficient (Wildman–Crippen LogP) is 2.63. The van der Waals surface area contributed by atoms with Crippen LogP contribution in [0.3, 0.4) is 0 Å². The van der Waals surface area contributed by atoms with Gasteiger partial charge in [-0.05, 0) is 49.8 Å². The van der Waals surface area contributed by atoms with Crippen LogP contribution >= 0.6 is 15.9 Å². The van der Waals surface area contributed by atoms with Gasteiger partial charge >= 0.3 is 5.97 Å². The number of halogens is 1. The predicted molar refractivity (Wildman–Crippen MR) is 80.9 cm³/mol. The van der Waals surface area contributed by atoms with E-state index in [1.807, 2.05) is 0 Å². The van der Waals surface area contributed by atoms with Crippen LogP contribution in [0.25, 0.3) is 0 Å². The fourth-order valence-corrected chi connectivity index (χ4v) is 5.95. The Morgan fingerprint density at radius 3 is 2.62 bits per heavy atom. The molecule has 2 unspecified atom stereocenters. The Morgan fingerprint density at radius 2 is 2.10 bits per heavy atom. The zero-order valence-electron chi connectivity index (χ0n) is 11.5. The van der Waals surface area contributed by atoms with E-state index >= 15 is 0 Å². The van der Waals surface area contributed by atoms with Crippen LogP contribution in [-0.2, 0) is 10.0 Å². The maximum Gasteiger partial charge on any atom is 0.335 e. The van der Waals surface area contributed by atoms with Crippen molar-refractivity contribution in [3.05, 3.63) is 27.7 Å². The fourth-order valence-electron chi connectivity index (χ4n) is 3.35. The molecule has 5 nitrogen and oxygen atoms in total. The second-order valence-electron chi connectivity index (χ2n) is 5.79. The molecule has 2 aliphatic rings. The van der Waals surface area contributed by atoms with E-state index in [9.17, 15) is 13.2 Å². The molecule has 0 aromatic heterocycles. The molecule has 21 heavy (non-hydrogen) atoms. The Bertz CT molecular complexity index is 716. The Balaban J connectivity index is 2.08. The van der Waals surface area contributed by atoms with Crippen LogP contribution in [0.5, 0.6) is 0 Å². The monoisotopic (exact) mass is 373 g/mol. The first-order valence-corrected chi connectivity index (χ1v) is 9.09. The number of sulfonamides is 1. The largest absolute Gasteiger partial charge is 0.478 e. The van der Waals surface area contributed by atoms with Crippen molar-refractivity contribution in [1.82, 2.24) is 4.31 Å². The molecule has 114 valence electrons. The van der Waals surface area contributed by atoms with Gasteiger partial charge < -0.3 is 5.11 Å². The number of carboxylic acid groups (broad SMARTS) is 1. The highest BCUT2D eigenvalue weighted by atomic mass is 79.9. The lowest BCUT2D eigenvalue weighted by atomic mass is 10.1. The minimum atomic E-state index is -3.64. The summed E-state index contributed by atoms with van der Waals surface area (Å²) in [4.78, 5) is 11.3. The average molecular weight is 374 g/mol. The molecule has 1 aromatic carbocycles. The fraction of sp³-hybridized carbons (Fsp3) is 0.500. The number of rotatable bonds is 3. The molecule has 0 radical (unpaired) electrons. The van der Waals surface area contributed by atoms with E-state index in [-0.39, 0.29) is 16.5 Å². The van der Waals surface area contributed by atoms with Crippen LogP contribution in [0.15, 0.2) is 21.5 Å². The van der Waals surface area contributed by atoms with Crippen molar-refractivity contribution in [2.24, 2.45) is 5.92 Å². The van der Waals surface area contributed by atoms with Crippen molar-refractivity contribution in [1.29, 1.82) is 0 Å². The summed E-state index contributed by atoms with van der Waals surface area (Å²) in [5, 5.41) is 9.13. The van der Waals surface area contributed by atoms with Crippen LogP contribution in [-0.4, -0.2) is 36.4 Å². The van der Waals surface area contributed by atoms with Gasteiger partial charge in [-0.15, -0.1) is 0 Å². The molecule has 2 fully saturated rings. The highest BCUT2D eigenvalue weighted by Crippen LogP contribution is 2.41. The first-order valence-electron chi connectivity index (χ1n) is 6.86. The van der Waals surface area contributed by atoms with Crippen molar-refractivity contribution in [3.63, 3.8) is 0 Å². The second-order valence-corrected chi connectivity index (χ2v) is 8.51. The van der Waals surface area contributed by atoms with Crippen LogP contribution in [0.1, 0.15) is 35.2 Å². The van der Waals surface area contributed by atoms with Crippen molar-refractivity contribution < 1.29 is 18.3 Å².